The van der Waals surface area contributed by atoms with Gasteiger partial charge in [-0.3, -0.25) is 4.79 Å². The molecule has 2 heterocycles. The molecule has 1 aliphatic heterocycles. The summed E-state index contributed by atoms with van der Waals surface area (Å²) in [7, 11) is 0. The summed E-state index contributed by atoms with van der Waals surface area (Å²) >= 11 is 6.92. The van der Waals surface area contributed by atoms with E-state index < -0.39 is 0 Å². The number of carbonyl (C=O) groups is 1. The molecule has 24 heavy (non-hydrogen) atoms. The number of rotatable bonds is 3. The van der Waals surface area contributed by atoms with Crippen molar-refractivity contribution in [1.29, 1.82) is 0 Å². The number of benzene rings is 1. The van der Waals surface area contributed by atoms with Crippen LogP contribution in [-0.2, 0) is 4.79 Å². The van der Waals surface area contributed by atoms with Gasteiger partial charge in [0, 0.05) is 11.6 Å². The first-order valence-electron chi connectivity index (χ1n) is 7.99. The zero-order valence-electron chi connectivity index (χ0n) is 14.3. The molecule has 0 spiro atoms. The summed E-state index contributed by atoms with van der Waals surface area (Å²) in [6.07, 6.45) is 0.931. The van der Waals surface area contributed by atoms with E-state index in [1.165, 1.54) is 16.9 Å². The number of thiocarbonyl (C=S) groups is 1. The fraction of sp³-hybridized carbons (Fsp3) is 0.471. The minimum Gasteiger partial charge on any atom is -0.358 e. The van der Waals surface area contributed by atoms with E-state index in [0.717, 1.165) is 16.6 Å². The molecule has 0 saturated carbocycles. The molecule has 3 rings (SSSR count). The Labute approximate surface area is 151 Å². The number of aryl methyl sites for hydroxylation is 1. The van der Waals surface area contributed by atoms with Crippen LogP contribution in [0.1, 0.15) is 32.8 Å². The van der Waals surface area contributed by atoms with Crippen molar-refractivity contribution in [1.82, 2.24) is 15.2 Å². The molecule has 1 aromatic heterocycles. The number of carbonyl (C=O) groups excluding carboxylic acids is 1. The lowest BCUT2D eigenvalue weighted by Crippen LogP contribution is -2.61. The molecular formula is C17H22N4OS2. The number of nitrogens with zero attached hydrogens (tertiary/aromatic N) is 2. The molecule has 2 N–H and O–H groups in total. The zero-order valence-corrected chi connectivity index (χ0v) is 16.0. The number of hydrogen-bond acceptors (Lipinski definition) is 4. The Morgan fingerprint density at radius 2 is 2.29 bits per heavy atom. The van der Waals surface area contributed by atoms with Gasteiger partial charge in [0.05, 0.1) is 16.8 Å². The predicted molar refractivity (Wildman–Crippen MR) is 104 cm³/mol. The summed E-state index contributed by atoms with van der Waals surface area (Å²) in [6.45, 7) is 8.62. The van der Waals surface area contributed by atoms with Crippen molar-refractivity contribution in [2.75, 3.05) is 11.9 Å². The third-order valence-electron chi connectivity index (χ3n) is 4.15. The summed E-state index contributed by atoms with van der Waals surface area (Å²) in [5.41, 5.74) is 2.06. The van der Waals surface area contributed by atoms with Gasteiger partial charge >= 0.3 is 0 Å². The van der Waals surface area contributed by atoms with Crippen LogP contribution in [0.4, 0.5) is 5.13 Å². The number of thiazole rings is 1. The molecule has 128 valence electrons. The fourth-order valence-electron chi connectivity index (χ4n) is 3.09. The smallest absolute Gasteiger partial charge is 0.245 e. The lowest BCUT2D eigenvalue weighted by molar-refractivity contribution is -0.117. The first-order chi connectivity index (χ1) is 11.2. The lowest BCUT2D eigenvalue weighted by Gasteiger charge is -2.44. The summed E-state index contributed by atoms with van der Waals surface area (Å²) in [5.74, 6) is -0.0958. The van der Waals surface area contributed by atoms with Crippen LogP contribution in [0, 0.1) is 6.92 Å². The number of anilines is 1. The molecular weight excluding hydrogens is 340 g/mol. The van der Waals surface area contributed by atoms with E-state index in [4.69, 9.17) is 12.2 Å². The maximum Gasteiger partial charge on any atom is 0.245 e. The predicted octanol–water partition coefficient (Wildman–Crippen LogP) is 3.29. The highest BCUT2D eigenvalue weighted by atomic mass is 32.1. The van der Waals surface area contributed by atoms with E-state index in [2.05, 4.69) is 42.5 Å². The van der Waals surface area contributed by atoms with E-state index in [9.17, 15) is 4.79 Å². The van der Waals surface area contributed by atoms with E-state index in [1.807, 2.05) is 24.0 Å². The van der Waals surface area contributed by atoms with E-state index in [1.54, 1.807) is 0 Å². The Morgan fingerprint density at radius 1 is 1.54 bits per heavy atom. The molecule has 1 aromatic carbocycles. The Balaban J connectivity index is 1.67. The van der Waals surface area contributed by atoms with Crippen molar-refractivity contribution in [2.24, 2.45) is 0 Å². The van der Waals surface area contributed by atoms with Crippen LogP contribution < -0.4 is 10.6 Å². The van der Waals surface area contributed by atoms with Crippen LogP contribution in [-0.4, -0.2) is 39.0 Å². The highest BCUT2D eigenvalue weighted by Crippen LogP contribution is 2.27. The Kier molecular flexibility index (Phi) is 4.48. The van der Waals surface area contributed by atoms with Gasteiger partial charge in [-0.15, -0.1) is 0 Å². The van der Waals surface area contributed by atoms with E-state index in [-0.39, 0.29) is 24.0 Å². The number of fused-ring (bicyclic) bond motifs is 1. The average molecular weight is 363 g/mol. The van der Waals surface area contributed by atoms with Crippen LogP contribution in [0.5, 0.6) is 0 Å². The van der Waals surface area contributed by atoms with Crippen LogP contribution in [0.2, 0.25) is 0 Å². The molecule has 1 fully saturated rings. The Hall–Kier alpha value is -1.73. The molecule has 1 aliphatic rings. The first-order valence-corrected chi connectivity index (χ1v) is 9.22. The van der Waals surface area contributed by atoms with Gasteiger partial charge in [-0.05, 0) is 64.0 Å². The second-order valence-corrected chi connectivity index (χ2v) is 8.45. The molecule has 1 amide bonds. The van der Waals surface area contributed by atoms with E-state index >= 15 is 0 Å². The summed E-state index contributed by atoms with van der Waals surface area (Å²) < 4.78 is 1.08. The van der Waals surface area contributed by atoms with Crippen LogP contribution in [0.3, 0.4) is 0 Å². The molecule has 0 aliphatic carbocycles. The van der Waals surface area contributed by atoms with Crippen molar-refractivity contribution in [3.05, 3.63) is 23.8 Å². The highest BCUT2D eigenvalue weighted by Gasteiger charge is 2.33. The van der Waals surface area contributed by atoms with Gasteiger partial charge in [0.2, 0.25) is 5.91 Å². The molecule has 0 bridgehead atoms. The van der Waals surface area contributed by atoms with Crippen molar-refractivity contribution >= 4 is 49.9 Å². The summed E-state index contributed by atoms with van der Waals surface area (Å²) in [4.78, 5) is 18.8. The number of amides is 1. The minimum absolute atomic E-state index is 0.0334. The van der Waals surface area contributed by atoms with Crippen LogP contribution in [0.15, 0.2) is 18.2 Å². The molecule has 1 saturated heterocycles. The van der Waals surface area contributed by atoms with Crippen molar-refractivity contribution in [2.45, 2.75) is 45.7 Å². The zero-order chi connectivity index (χ0) is 17.5. The minimum atomic E-state index is -0.0958. The molecule has 0 unspecified atom stereocenters. The quantitative estimate of drug-likeness (QED) is 0.821. The van der Waals surface area contributed by atoms with E-state index in [0.29, 0.717) is 10.2 Å². The third kappa shape index (κ3) is 3.67. The van der Waals surface area contributed by atoms with Crippen molar-refractivity contribution in [3.8, 4) is 0 Å². The average Bonchev–Trinajstić information content (AvgIpc) is 2.83. The lowest BCUT2D eigenvalue weighted by atomic mass is 9.93. The highest BCUT2D eigenvalue weighted by molar-refractivity contribution is 7.80. The molecule has 5 nitrogen and oxygen atoms in total. The number of hydrogen-bond donors (Lipinski definition) is 2. The summed E-state index contributed by atoms with van der Waals surface area (Å²) in [5, 5.41) is 7.46. The largest absolute Gasteiger partial charge is 0.358 e. The van der Waals surface area contributed by atoms with Crippen molar-refractivity contribution < 1.29 is 4.79 Å². The first kappa shape index (κ1) is 17.1. The van der Waals surface area contributed by atoms with Gasteiger partial charge < -0.3 is 15.5 Å². The van der Waals surface area contributed by atoms with Gasteiger partial charge in [-0.25, -0.2) is 4.98 Å². The maximum absolute atomic E-state index is 12.4. The number of aromatic nitrogens is 1. The molecule has 2 aromatic rings. The maximum atomic E-state index is 12.4. The molecule has 0 radical (unpaired) electrons. The van der Waals surface area contributed by atoms with Crippen LogP contribution >= 0.6 is 23.6 Å². The second-order valence-electron chi connectivity index (χ2n) is 7.03. The van der Waals surface area contributed by atoms with Gasteiger partial charge in [-0.1, -0.05) is 17.4 Å². The van der Waals surface area contributed by atoms with Gasteiger partial charge in [0.25, 0.3) is 0 Å². The molecule has 7 heteroatoms. The summed E-state index contributed by atoms with van der Waals surface area (Å²) in [6, 6.07) is 6.30. The topological polar surface area (TPSA) is 57.3 Å². The standard InChI is InChI=1S/C17H22N4OS2/c1-10-5-6-12-13(7-10)24-15(18-12)19-14(22)9-21-11(2)8-17(3,4)20-16(21)23/h5-7,11H,8-9H2,1-4H3,(H,20,23)(H,18,19,22)/t11-/m0/s1. The van der Waals surface area contributed by atoms with Gasteiger partial charge in [0.15, 0.2) is 10.2 Å². The Morgan fingerprint density at radius 3 is 3.00 bits per heavy atom. The monoisotopic (exact) mass is 362 g/mol. The normalized spacial score (nSPS) is 20.1. The Bertz CT molecular complexity index is 799. The van der Waals surface area contributed by atoms with Crippen LogP contribution in [0.25, 0.3) is 10.2 Å². The van der Waals surface area contributed by atoms with Crippen molar-refractivity contribution in [3.63, 3.8) is 0 Å². The number of nitrogens with one attached hydrogen (secondary N) is 2. The second kappa shape index (κ2) is 6.29. The van der Waals surface area contributed by atoms with Gasteiger partial charge in [0.1, 0.15) is 0 Å². The fourth-order valence-corrected chi connectivity index (χ4v) is 4.59. The third-order valence-corrected chi connectivity index (χ3v) is 5.42. The molecule has 1 atom stereocenters. The van der Waals surface area contributed by atoms with Gasteiger partial charge in [-0.2, -0.15) is 0 Å². The SMILES string of the molecule is Cc1ccc2nc(NC(=O)CN3C(=S)NC(C)(C)C[C@@H]3C)sc2c1.